The molecule has 2 aromatic rings. The minimum absolute atomic E-state index is 0.109. The van der Waals surface area contributed by atoms with Gasteiger partial charge in [-0.25, -0.2) is 4.98 Å². The van der Waals surface area contributed by atoms with Crippen LogP contribution in [0.5, 0.6) is 0 Å². The number of hydrogen-bond donors (Lipinski definition) is 1. The highest BCUT2D eigenvalue weighted by Crippen LogP contribution is 2.01. The molecule has 0 aliphatic rings. The summed E-state index contributed by atoms with van der Waals surface area (Å²) in [4.78, 5) is 15.6. The zero-order chi connectivity index (χ0) is 11.9. The molecule has 0 unspecified atom stereocenters. The topological polar surface area (TPSA) is 42.0 Å². The summed E-state index contributed by atoms with van der Waals surface area (Å²) in [5.41, 5.74) is 3.65. The average Bonchev–Trinajstić information content (AvgIpc) is 2.88. The summed E-state index contributed by atoms with van der Waals surface area (Å²) in [6, 6.07) is 9.72. The van der Waals surface area contributed by atoms with Crippen LogP contribution in [0, 0.1) is 0 Å². The lowest BCUT2D eigenvalue weighted by molar-refractivity contribution is -0.116. The molecule has 86 valence electrons. The number of carbonyl (C=O) groups is 1. The van der Waals surface area contributed by atoms with Crippen molar-refractivity contribution >= 4 is 23.3 Å². The molecule has 1 N–H and O–H groups in total. The molecule has 3 nitrogen and oxygen atoms in total. The normalized spacial score (nSPS) is 10.6. The Bertz CT molecular complexity index is 491. The van der Waals surface area contributed by atoms with E-state index < -0.39 is 0 Å². The Morgan fingerprint density at radius 1 is 1.35 bits per heavy atom. The largest absolute Gasteiger partial charge is 0.347 e. The molecule has 0 atom stereocenters. The molecule has 0 saturated heterocycles. The van der Waals surface area contributed by atoms with Crippen molar-refractivity contribution < 1.29 is 4.79 Å². The van der Waals surface area contributed by atoms with Crippen LogP contribution in [0.3, 0.4) is 0 Å². The Labute approximate surface area is 104 Å². The fourth-order valence-electron chi connectivity index (χ4n) is 1.30. The Balaban J connectivity index is 1.83. The van der Waals surface area contributed by atoms with Crippen LogP contribution >= 0.6 is 11.3 Å². The molecule has 0 aliphatic heterocycles. The second-order valence-corrected chi connectivity index (χ2v) is 4.16. The zero-order valence-corrected chi connectivity index (χ0v) is 9.98. The smallest absolute Gasteiger partial charge is 0.244 e. The van der Waals surface area contributed by atoms with Gasteiger partial charge in [0.15, 0.2) is 0 Å². The van der Waals surface area contributed by atoms with Crippen molar-refractivity contribution in [3.63, 3.8) is 0 Å². The molecule has 2 rings (SSSR count). The van der Waals surface area contributed by atoms with Crippen molar-refractivity contribution in [2.75, 3.05) is 0 Å². The second-order valence-electron chi connectivity index (χ2n) is 3.44. The van der Waals surface area contributed by atoms with Gasteiger partial charge >= 0.3 is 0 Å². The van der Waals surface area contributed by atoms with Crippen molar-refractivity contribution in [2.45, 2.75) is 6.54 Å². The van der Waals surface area contributed by atoms with Gasteiger partial charge in [-0.1, -0.05) is 30.3 Å². The minimum Gasteiger partial charge on any atom is -0.347 e. The number of hydrogen-bond acceptors (Lipinski definition) is 3. The van der Waals surface area contributed by atoms with E-state index in [0.29, 0.717) is 6.54 Å². The number of benzene rings is 1. The molecule has 0 saturated carbocycles. The molecule has 0 fully saturated rings. The van der Waals surface area contributed by atoms with E-state index in [2.05, 4.69) is 10.3 Å². The number of nitrogens with one attached hydrogen (secondary N) is 1. The van der Waals surface area contributed by atoms with Crippen LogP contribution in [0.2, 0.25) is 0 Å². The monoisotopic (exact) mass is 244 g/mol. The van der Waals surface area contributed by atoms with Crippen LogP contribution in [0.1, 0.15) is 11.3 Å². The van der Waals surface area contributed by atoms with Crippen LogP contribution in [0.4, 0.5) is 0 Å². The number of thiazole rings is 1. The summed E-state index contributed by atoms with van der Waals surface area (Å²) >= 11 is 1.52. The Hall–Kier alpha value is -1.94. The van der Waals surface area contributed by atoms with E-state index in [4.69, 9.17) is 0 Å². The Morgan fingerprint density at radius 3 is 2.88 bits per heavy atom. The summed E-state index contributed by atoms with van der Waals surface area (Å²) in [6.07, 6.45) is 3.32. The quantitative estimate of drug-likeness (QED) is 0.839. The first-order valence-electron chi connectivity index (χ1n) is 5.22. The van der Waals surface area contributed by atoms with Crippen molar-refractivity contribution in [3.8, 4) is 0 Å². The summed E-state index contributed by atoms with van der Waals surface area (Å²) in [7, 11) is 0. The van der Waals surface area contributed by atoms with Gasteiger partial charge in [0.1, 0.15) is 0 Å². The predicted molar refractivity (Wildman–Crippen MR) is 69.4 cm³/mol. The average molecular weight is 244 g/mol. The molecule has 17 heavy (non-hydrogen) atoms. The molecule has 1 amide bonds. The van der Waals surface area contributed by atoms with Crippen molar-refractivity contribution in [2.24, 2.45) is 0 Å². The number of rotatable bonds is 4. The van der Waals surface area contributed by atoms with E-state index in [1.807, 2.05) is 35.7 Å². The fourth-order valence-corrected chi connectivity index (χ4v) is 1.86. The van der Waals surface area contributed by atoms with E-state index in [9.17, 15) is 4.79 Å². The molecular formula is C13H12N2OS. The molecule has 4 heteroatoms. The van der Waals surface area contributed by atoms with E-state index in [1.165, 1.54) is 17.4 Å². The summed E-state index contributed by atoms with van der Waals surface area (Å²) in [5, 5.41) is 4.69. The standard InChI is InChI=1S/C13H12N2OS/c16-13(14-8-12-9-17-10-15-12)7-6-11-4-2-1-3-5-11/h1-7,9-10H,8H2,(H,14,16)/b7-6+. The van der Waals surface area contributed by atoms with Crippen molar-refractivity contribution in [3.05, 3.63) is 58.6 Å². The molecule has 0 bridgehead atoms. The van der Waals surface area contributed by atoms with Gasteiger partial charge in [-0.15, -0.1) is 11.3 Å². The lowest BCUT2D eigenvalue weighted by Gasteiger charge is -1.98. The van der Waals surface area contributed by atoms with Crippen LogP contribution < -0.4 is 5.32 Å². The highest BCUT2D eigenvalue weighted by molar-refractivity contribution is 7.07. The van der Waals surface area contributed by atoms with Gasteiger partial charge in [0, 0.05) is 11.5 Å². The number of aromatic nitrogens is 1. The molecular weight excluding hydrogens is 232 g/mol. The SMILES string of the molecule is O=C(/C=C/c1ccccc1)NCc1cscn1. The third-order valence-corrected chi connectivity index (χ3v) is 2.79. The van der Waals surface area contributed by atoms with E-state index in [-0.39, 0.29) is 5.91 Å². The number of carbonyl (C=O) groups excluding carboxylic acids is 1. The van der Waals surface area contributed by atoms with Crippen LogP contribution in [-0.2, 0) is 11.3 Å². The first-order valence-corrected chi connectivity index (χ1v) is 6.17. The number of amides is 1. The Kier molecular flexibility index (Phi) is 4.05. The molecule has 0 spiro atoms. The van der Waals surface area contributed by atoms with Gasteiger partial charge in [0.05, 0.1) is 17.7 Å². The van der Waals surface area contributed by atoms with Gasteiger partial charge in [0.2, 0.25) is 5.91 Å². The van der Waals surface area contributed by atoms with Gasteiger partial charge in [-0.05, 0) is 11.6 Å². The zero-order valence-electron chi connectivity index (χ0n) is 9.17. The number of nitrogens with zero attached hydrogens (tertiary/aromatic N) is 1. The van der Waals surface area contributed by atoms with Gasteiger partial charge in [-0.2, -0.15) is 0 Å². The molecule has 0 aliphatic carbocycles. The lowest BCUT2D eigenvalue weighted by Crippen LogP contribution is -2.20. The molecule has 1 aromatic carbocycles. The molecule has 0 radical (unpaired) electrons. The van der Waals surface area contributed by atoms with E-state index in [0.717, 1.165) is 11.3 Å². The van der Waals surface area contributed by atoms with Crippen LogP contribution in [0.15, 0.2) is 47.3 Å². The summed E-state index contributed by atoms with van der Waals surface area (Å²) in [6.45, 7) is 0.474. The van der Waals surface area contributed by atoms with Crippen molar-refractivity contribution in [1.82, 2.24) is 10.3 Å². The molecule has 1 heterocycles. The highest BCUT2D eigenvalue weighted by atomic mass is 32.1. The van der Waals surface area contributed by atoms with Crippen molar-refractivity contribution in [1.29, 1.82) is 0 Å². The van der Waals surface area contributed by atoms with Crippen LogP contribution in [0.25, 0.3) is 6.08 Å². The summed E-state index contributed by atoms with van der Waals surface area (Å²) < 4.78 is 0. The fraction of sp³-hybridized carbons (Fsp3) is 0.0769. The predicted octanol–water partition coefficient (Wildman–Crippen LogP) is 2.47. The second kappa shape index (κ2) is 5.96. The maximum Gasteiger partial charge on any atom is 0.244 e. The first kappa shape index (κ1) is 11.5. The first-order chi connectivity index (χ1) is 8.34. The van der Waals surface area contributed by atoms with Crippen LogP contribution in [-0.4, -0.2) is 10.9 Å². The summed E-state index contributed by atoms with van der Waals surface area (Å²) in [5.74, 6) is -0.109. The van der Waals surface area contributed by atoms with E-state index >= 15 is 0 Å². The lowest BCUT2D eigenvalue weighted by atomic mass is 10.2. The van der Waals surface area contributed by atoms with Gasteiger partial charge in [-0.3, -0.25) is 4.79 Å². The highest BCUT2D eigenvalue weighted by Gasteiger charge is 1.97. The third kappa shape index (κ3) is 3.85. The maximum absolute atomic E-state index is 11.5. The van der Waals surface area contributed by atoms with E-state index in [1.54, 1.807) is 11.6 Å². The minimum atomic E-state index is -0.109. The van der Waals surface area contributed by atoms with Gasteiger partial charge < -0.3 is 5.32 Å². The third-order valence-electron chi connectivity index (χ3n) is 2.15. The Morgan fingerprint density at radius 2 is 2.18 bits per heavy atom. The maximum atomic E-state index is 11.5. The molecule has 1 aromatic heterocycles. The van der Waals surface area contributed by atoms with Gasteiger partial charge in [0.25, 0.3) is 0 Å².